The molecule has 1 N–H and O–H groups in total. The molecule has 4 rings (SSSR count). The van der Waals surface area contributed by atoms with Crippen LogP contribution >= 0.6 is 0 Å². The van der Waals surface area contributed by atoms with Gasteiger partial charge in [-0.25, -0.2) is 14.8 Å². The number of nitrogens with zero attached hydrogens (tertiary/aromatic N) is 5. The minimum absolute atomic E-state index is 0.00413. The molecule has 0 aliphatic rings. The molecule has 1 aromatic heterocycles. The number of rotatable bonds is 8. The zero-order valence-corrected chi connectivity index (χ0v) is 20.7. The van der Waals surface area contributed by atoms with Gasteiger partial charge in [0.1, 0.15) is 5.69 Å². The lowest BCUT2D eigenvalue weighted by Gasteiger charge is -2.22. The Kier molecular flexibility index (Phi) is 8.08. The summed E-state index contributed by atoms with van der Waals surface area (Å²) in [6.07, 6.45) is -0.0994. The number of hydrogen-bond donors (Lipinski definition) is 1. The van der Waals surface area contributed by atoms with Gasteiger partial charge in [0.25, 0.3) is 0 Å². The molecule has 0 aliphatic carbocycles. The number of carbonyl (C=O) groups is 1. The van der Waals surface area contributed by atoms with Crippen molar-refractivity contribution in [3.8, 4) is 23.1 Å². The van der Waals surface area contributed by atoms with Gasteiger partial charge >= 0.3 is 6.09 Å². The zero-order valence-electron chi connectivity index (χ0n) is 20.7. The molecule has 0 saturated carbocycles. The van der Waals surface area contributed by atoms with E-state index in [2.05, 4.69) is 4.98 Å². The fourth-order valence-electron chi connectivity index (χ4n) is 3.74. The van der Waals surface area contributed by atoms with Crippen molar-refractivity contribution in [3.05, 3.63) is 108 Å². The van der Waals surface area contributed by atoms with Crippen LogP contribution < -0.4 is 9.64 Å². The standard InChI is InChI=1S/C29H27N5O3/c1-33(19-22-9-5-3-6-10-22)28-31-18-26(27(32-28)24-11-7-4-8-12-24)37-29(36)34(2)20-25(35)23-15-13-21(17-30)14-16-23/h3-16,18,25,35H,19-20H2,1-2H3. The summed E-state index contributed by atoms with van der Waals surface area (Å²) in [5, 5.41) is 19.5. The second kappa shape index (κ2) is 11.8. The summed E-state index contributed by atoms with van der Waals surface area (Å²) >= 11 is 0. The zero-order chi connectivity index (χ0) is 26.2. The highest BCUT2D eigenvalue weighted by Gasteiger charge is 2.21. The second-order valence-corrected chi connectivity index (χ2v) is 8.59. The Labute approximate surface area is 216 Å². The van der Waals surface area contributed by atoms with Crippen LogP contribution in [0.1, 0.15) is 22.8 Å². The summed E-state index contributed by atoms with van der Waals surface area (Å²) in [5.41, 5.74) is 3.47. The van der Waals surface area contributed by atoms with Crippen molar-refractivity contribution in [2.75, 3.05) is 25.5 Å². The number of aromatic nitrogens is 2. The lowest BCUT2D eigenvalue weighted by molar-refractivity contribution is 0.112. The lowest BCUT2D eigenvalue weighted by atomic mass is 10.1. The van der Waals surface area contributed by atoms with Gasteiger partial charge in [0.2, 0.25) is 5.95 Å². The number of nitriles is 1. The predicted octanol–water partition coefficient (Wildman–Crippen LogP) is 4.82. The molecule has 1 amide bonds. The topological polar surface area (TPSA) is 103 Å². The summed E-state index contributed by atoms with van der Waals surface area (Å²) in [7, 11) is 3.45. The third-order valence-corrected chi connectivity index (χ3v) is 5.77. The van der Waals surface area contributed by atoms with Crippen LogP contribution in [-0.2, 0) is 6.54 Å². The fraction of sp³-hybridized carbons (Fsp3) is 0.172. The maximum atomic E-state index is 12.9. The molecule has 8 nitrogen and oxygen atoms in total. The molecular weight excluding hydrogens is 466 g/mol. The smallest absolute Gasteiger partial charge is 0.406 e. The first-order chi connectivity index (χ1) is 17.9. The minimum atomic E-state index is -0.941. The normalized spacial score (nSPS) is 11.3. The van der Waals surface area contributed by atoms with E-state index in [0.717, 1.165) is 11.1 Å². The number of carbonyl (C=O) groups excluding carboxylic acids is 1. The number of aliphatic hydroxyl groups excluding tert-OH is 1. The Morgan fingerprint density at radius 3 is 2.30 bits per heavy atom. The molecule has 1 heterocycles. The summed E-state index contributed by atoms with van der Waals surface area (Å²) in [6, 6.07) is 28.1. The molecule has 37 heavy (non-hydrogen) atoms. The maximum Gasteiger partial charge on any atom is 0.415 e. The predicted molar refractivity (Wildman–Crippen MR) is 141 cm³/mol. The van der Waals surface area contributed by atoms with Crippen molar-refractivity contribution in [2.45, 2.75) is 12.6 Å². The number of hydrogen-bond acceptors (Lipinski definition) is 7. The van der Waals surface area contributed by atoms with Crippen LogP contribution in [0, 0.1) is 11.3 Å². The third kappa shape index (κ3) is 6.48. The molecule has 1 atom stereocenters. The lowest BCUT2D eigenvalue weighted by Crippen LogP contribution is -2.33. The molecule has 8 heteroatoms. The van der Waals surface area contributed by atoms with E-state index < -0.39 is 12.2 Å². The van der Waals surface area contributed by atoms with E-state index >= 15 is 0 Å². The first kappa shape index (κ1) is 25.4. The number of ether oxygens (including phenoxy) is 1. The van der Waals surface area contributed by atoms with Crippen LogP contribution in [0.3, 0.4) is 0 Å². The molecule has 1 unspecified atom stereocenters. The number of benzene rings is 3. The minimum Gasteiger partial charge on any atom is -0.406 e. The van der Waals surface area contributed by atoms with E-state index in [1.165, 1.54) is 11.1 Å². The van der Waals surface area contributed by atoms with E-state index in [0.29, 0.717) is 29.3 Å². The van der Waals surface area contributed by atoms with Gasteiger partial charge in [-0.1, -0.05) is 72.8 Å². The van der Waals surface area contributed by atoms with Gasteiger partial charge in [0.15, 0.2) is 5.75 Å². The molecule has 0 saturated heterocycles. The van der Waals surface area contributed by atoms with Crippen molar-refractivity contribution < 1.29 is 14.6 Å². The highest BCUT2D eigenvalue weighted by Crippen LogP contribution is 2.30. The summed E-state index contributed by atoms with van der Waals surface area (Å²) in [4.78, 5) is 25.3. The number of likely N-dealkylation sites (N-methyl/N-ethyl adjacent to an activating group) is 1. The molecule has 186 valence electrons. The molecule has 0 radical (unpaired) electrons. The molecule has 0 spiro atoms. The molecule has 0 aliphatic heterocycles. The average Bonchev–Trinajstić information content (AvgIpc) is 2.94. The average molecular weight is 494 g/mol. The summed E-state index contributed by atoms with van der Waals surface area (Å²) in [6.45, 7) is 0.619. The van der Waals surface area contributed by atoms with Gasteiger partial charge < -0.3 is 19.6 Å². The van der Waals surface area contributed by atoms with E-state index in [-0.39, 0.29) is 12.3 Å². The molecule has 4 aromatic rings. The van der Waals surface area contributed by atoms with Crippen LogP contribution in [0.25, 0.3) is 11.3 Å². The van der Waals surface area contributed by atoms with Gasteiger partial charge in [0.05, 0.1) is 30.5 Å². The molecule has 3 aromatic carbocycles. The monoisotopic (exact) mass is 493 g/mol. The van der Waals surface area contributed by atoms with Crippen molar-refractivity contribution in [2.24, 2.45) is 0 Å². The Morgan fingerprint density at radius 1 is 1.00 bits per heavy atom. The van der Waals surface area contributed by atoms with Crippen molar-refractivity contribution >= 4 is 12.0 Å². The van der Waals surface area contributed by atoms with Crippen molar-refractivity contribution in [1.29, 1.82) is 5.26 Å². The Hall–Kier alpha value is -4.74. The highest BCUT2D eigenvalue weighted by molar-refractivity contribution is 5.75. The van der Waals surface area contributed by atoms with Crippen LogP contribution in [0.5, 0.6) is 5.75 Å². The first-order valence-corrected chi connectivity index (χ1v) is 11.7. The van der Waals surface area contributed by atoms with Crippen LogP contribution in [0.15, 0.2) is 91.1 Å². The number of anilines is 1. The quantitative estimate of drug-likeness (QED) is 0.376. The van der Waals surface area contributed by atoms with Crippen LogP contribution in [-0.4, -0.2) is 46.7 Å². The van der Waals surface area contributed by atoms with Gasteiger partial charge in [-0.2, -0.15) is 5.26 Å². The van der Waals surface area contributed by atoms with Crippen molar-refractivity contribution in [1.82, 2.24) is 14.9 Å². The van der Waals surface area contributed by atoms with Gasteiger partial charge in [-0.05, 0) is 23.3 Å². The molecule has 0 fully saturated rings. The first-order valence-electron chi connectivity index (χ1n) is 11.7. The Bertz CT molecular complexity index is 1370. The summed E-state index contributed by atoms with van der Waals surface area (Å²) in [5.74, 6) is 0.708. The second-order valence-electron chi connectivity index (χ2n) is 8.59. The van der Waals surface area contributed by atoms with Crippen LogP contribution in [0.2, 0.25) is 0 Å². The maximum absolute atomic E-state index is 12.9. The SMILES string of the molecule is CN(CC(O)c1ccc(C#N)cc1)C(=O)Oc1cnc(N(C)Cc2ccccc2)nc1-c1ccccc1. The van der Waals surface area contributed by atoms with Gasteiger partial charge in [0, 0.05) is 26.2 Å². The number of amides is 1. The summed E-state index contributed by atoms with van der Waals surface area (Å²) < 4.78 is 5.68. The largest absolute Gasteiger partial charge is 0.415 e. The fourth-order valence-corrected chi connectivity index (χ4v) is 3.74. The molecule has 0 bridgehead atoms. The van der Waals surface area contributed by atoms with E-state index in [9.17, 15) is 9.90 Å². The third-order valence-electron chi connectivity index (χ3n) is 5.77. The number of aliphatic hydroxyl groups is 1. The highest BCUT2D eigenvalue weighted by atomic mass is 16.6. The Morgan fingerprint density at radius 2 is 1.65 bits per heavy atom. The van der Waals surface area contributed by atoms with E-state index in [1.807, 2.05) is 78.7 Å². The Balaban J connectivity index is 1.52. The van der Waals surface area contributed by atoms with Gasteiger partial charge in [-0.3, -0.25) is 0 Å². The van der Waals surface area contributed by atoms with E-state index in [4.69, 9.17) is 15.0 Å². The van der Waals surface area contributed by atoms with E-state index in [1.54, 1.807) is 31.3 Å². The van der Waals surface area contributed by atoms with Crippen LogP contribution in [0.4, 0.5) is 10.7 Å². The molecular formula is C29H27N5O3. The van der Waals surface area contributed by atoms with Crippen molar-refractivity contribution in [3.63, 3.8) is 0 Å². The van der Waals surface area contributed by atoms with Gasteiger partial charge in [-0.15, -0.1) is 0 Å².